The lowest BCUT2D eigenvalue weighted by Gasteiger charge is -2.13. The van der Waals surface area contributed by atoms with E-state index in [1.165, 1.54) is 35.0 Å². The van der Waals surface area contributed by atoms with Gasteiger partial charge in [-0.05, 0) is 43.3 Å². The Morgan fingerprint density at radius 1 is 1.22 bits per heavy atom. The summed E-state index contributed by atoms with van der Waals surface area (Å²) in [5.41, 5.74) is -0.314. The summed E-state index contributed by atoms with van der Waals surface area (Å²) in [6.45, 7) is -1.27. The first-order chi connectivity index (χ1) is 12.9. The van der Waals surface area contributed by atoms with Crippen LogP contribution in [0, 0.1) is 0 Å². The van der Waals surface area contributed by atoms with Crippen molar-refractivity contribution in [2.24, 2.45) is 0 Å². The second-order valence-electron chi connectivity index (χ2n) is 5.32. The number of alkyl halides is 2. The SMILES string of the molecule is CCOC(=O)c1nn(-c2ccc(OC(F)F)cc2)c2cccc(Cl)c2c1=O. The monoisotopic (exact) mass is 394 g/mol. The number of nitrogens with zero attached hydrogens (tertiary/aromatic N) is 2. The minimum atomic E-state index is -2.95. The first kappa shape index (κ1) is 18.8. The van der Waals surface area contributed by atoms with Crippen LogP contribution in [0.15, 0.2) is 47.3 Å². The topological polar surface area (TPSA) is 70.4 Å². The van der Waals surface area contributed by atoms with Gasteiger partial charge >= 0.3 is 12.6 Å². The predicted octanol–water partition coefficient (Wildman–Crippen LogP) is 3.82. The number of fused-ring (bicyclic) bond motifs is 1. The van der Waals surface area contributed by atoms with Crippen molar-refractivity contribution in [2.45, 2.75) is 13.5 Å². The first-order valence-electron chi connectivity index (χ1n) is 7.86. The molecule has 0 saturated heterocycles. The van der Waals surface area contributed by atoms with Crippen molar-refractivity contribution in [3.63, 3.8) is 0 Å². The predicted molar refractivity (Wildman–Crippen MR) is 94.9 cm³/mol. The number of rotatable bonds is 5. The molecule has 0 radical (unpaired) electrons. The second kappa shape index (κ2) is 7.71. The van der Waals surface area contributed by atoms with Gasteiger partial charge in [0.15, 0.2) is 0 Å². The van der Waals surface area contributed by atoms with E-state index in [9.17, 15) is 18.4 Å². The van der Waals surface area contributed by atoms with Gasteiger partial charge in [-0.3, -0.25) is 4.79 Å². The summed E-state index contributed by atoms with van der Waals surface area (Å²) in [5.74, 6) is -0.918. The molecule has 3 rings (SSSR count). The summed E-state index contributed by atoms with van der Waals surface area (Å²) in [6.07, 6.45) is 0. The number of ether oxygens (including phenoxy) is 2. The third-order valence-electron chi connectivity index (χ3n) is 3.64. The highest BCUT2D eigenvalue weighted by Gasteiger charge is 2.20. The maximum atomic E-state index is 12.7. The molecule has 0 amide bonds. The molecule has 0 saturated carbocycles. The van der Waals surface area contributed by atoms with Gasteiger partial charge in [0, 0.05) is 0 Å². The molecular weight excluding hydrogens is 382 g/mol. The van der Waals surface area contributed by atoms with Crippen molar-refractivity contribution < 1.29 is 23.0 Å². The number of halogens is 3. The highest BCUT2D eigenvalue weighted by Crippen LogP contribution is 2.24. The quantitative estimate of drug-likeness (QED) is 0.615. The van der Waals surface area contributed by atoms with Gasteiger partial charge in [-0.15, -0.1) is 0 Å². The van der Waals surface area contributed by atoms with Crippen LogP contribution in [-0.2, 0) is 4.74 Å². The number of aromatic nitrogens is 2. The van der Waals surface area contributed by atoms with Crippen LogP contribution in [0.1, 0.15) is 17.4 Å². The highest BCUT2D eigenvalue weighted by atomic mass is 35.5. The Balaban J connectivity index is 2.22. The molecule has 0 aliphatic heterocycles. The first-order valence-corrected chi connectivity index (χ1v) is 8.24. The van der Waals surface area contributed by atoms with Gasteiger partial charge in [0.25, 0.3) is 0 Å². The summed E-state index contributed by atoms with van der Waals surface area (Å²) < 4.78 is 35.2. The molecule has 0 atom stereocenters. The van der Waals surface area contributed by atoms with E-state index in [1.807, 2.05) is 0 Å². The van der Waals surface area contributed by atoms with Gasteiger partial charge in [0.2, 0.25) is 11.1 Å². The molecule has 0 N–H and O–H groups in total. The Morgan fingerprint density at radius 2 is 1.93 bits per heavy atom. The molecule has 27 heavy (non-hydrogen) atoms. The van der Waals surface area contributed by atoms with Crippen LogP contribution in [0.2, 0.25) is 5.02 Å². The van der Waals surface area contributed by atoms with E-state index in [2.05, 4.69) is 9.84 Å². The standard InChI is InChI=1S/C18H13ClF2N2O4/c1-2-26-17(25)15-16(24)14-12(19)4-3-5-13(14)23(22-15)10-6-8-11(9-7-10)27-18(20)21/h3-9,18H,2H2,1H3. The Kier molecular flexibility index (Phi) is 5.36. The van der Waals surface area contributed by atoms with Crippen molar-refractivity contribution in [2.75, 3.05) is 6.61 Å². The molecule has 0 aliphatic carbocycles. The molecule has 3 aromatic rings. The smallest absolute Gasteiger partial charge is 0.387 e. The number of carbonyl (C=O) groups excluding carboxylic acids is 1. The van der Waals surface area contributed by atoms with E-state index >= 15 is 0 Å². The molecule has 0 spiro atoms. The Morgan fingerprint density at radius 3 is 2.56 bits per heavy atom. The molecule has 1 heterocycles. The van der Waals surface area contributed by atoms with Gasteiger partial charge in [0.05, 0.1) is 28.2 Å². The van der Waals surface area contributed by atoms with E-state index in [0.29, 0.717) is 11.2 Å². The van der Waals surface area contributed by atoms with Crippen molar-refractivity contribution >= 4 is 28.5 Å². The lowest BCUT2D eigenvalue weighted by Crippen LogP contribution is -2.24. The zero-order valence-corrected chi connectivity index (χ0v) is 14.7. The molecule has 9 heteroatoms. The number of carbonyl (C=O) groups is 1. The van der Waals surface area contributed by atoms with Crippen molar-refractivity contribution in [1.29, 1.82) is 0 Å². The molecular formula is C18H13ClF2N2O4. The van der Waals surface area contributed by atoms with Crippen LogP contribution in [0.4, 0.5) is 8.78 Å². The molecule has 140 valence electrons. The molecule has 2 aromatic carbocycles. The third-order valence-corrected chi connectivity index (χ3v) is 3.95. The number of esters is 1. The number of hydrogen-bond acceptors (Lipinski definition) is 5. The lowest BCUT2D eigenvalue weighted by atomic mass is 10.2. The fraction of sp³-hybridized carbons (Fsp3) is 0.167. The maximum absolute atomic E-state index is 12.7. The Bertz CT molecular complexity index is 1050. The van der Waals surface area contributed by atoms with Crippen LogP contribution in [-0.4, -0.2) is 29.0 Å². The second-order valence-corrected chi connectivity index (χ2v) is 5.72. The normalized spacial score (nSPS) is 11.0. The summed E-state index contributed by atoms with van der Waals surface area (Å²) >= 11 is 6.16. The van der Waals surface area contributed by atoms with E-state index in [4.69, 9.17) is 16.3 Å². The van der Waals surface area contributed by atoms with Crippen molar-refractivity contribution in [1.82, 2.24) is 9.78 Å². The van der Waals surface area contributed by atoms with Crippen LogP contribution in [0.5, 0.6) is 5.75 Å². The van der Waals surface area contributed by atoms with Gasteiger partial charge in [-0.1, -0.05) is 17.7 Å². The van der Waals surface area contributed by atoms with Gasteiger partial charge in [-0.2, -0.15) is 13.9 Å². The van der Waals surface area contributed by atoms with Crippen LogP contribution >= 0.6 is 11.6 Å². The summed E-state index contributed by atoms with van der Waals surface area (Å²) in [5, 5.41) is 4.35. The van der Waals surface area contributed by atoms with Crippen molar-refractivity contribution in [3.05, 3.63) is 63.4 Å². The maximum Gasteiger partial charge on any atom is 0.387 e. The summed E-state index contributed by atoms with van der Waals surface area (Å²) in [6, 6.07) is 10.3. The minimum absolute atomic E-state index is 0.0391. The average molecular weight is 395 g/mol. The van der Waals surface area contributed by atoms with Crippen LogP contribution in [0.3, 0.4) is 0 Å². The van der Waals surface area contributed by atoms with Gasteiger partial charge < -0.3 is 9.47 Å². The Hall–Kier alpha value is -3.00. The van der Waals surface area contributed by atoms with Crippen molar-refractivity contribution in [3.8, 4) is 11.4 Å². The molecule has 0 aliphatic rings. The van der Waals surface area contributed by atoms with Crippen LogP contribution < -0.4 is 10.2 Å². The lowest BCUT2D eigenvalue weighted by molar-refractivity contribution is -0.0498. The van der Waals surface area contributed by atoms with Gasteiger partial charge in [0.1, 0.15) is 5.75 Å². The van der Waals surface area contributed by atoms with E-state index in [1.54, 1.807) is 19.1 Å². The average Bonchev–Trinajstić information content (AvgIpc) is 2.62. The zero-order chi connectivity index (χ0) is 19.6. The summed E-state index contributed by atoms with van der Waals surface area (Å²) in [4.78, 5) is 24.8. The Labute approximate surface area is 156 Å². The third kappa shape index (κ3) is 3.75. The largest absolute Gasteiger partial charge is 0.461 e. The van der Waals surface area contributed by atoms with E-state index in [0.717, 1.165) is 0 Å². The van der Waals surface area contributed by atoms with Gasteiger partial charge in [-0.25, -0.2) is 9.48 Å². The fourth-order valence-electron chi connectivity index (χ4n) is 2.53. The van der Waals surface area contributed by atoms with Crippen LogP contribution in [0.25, 0.3) is 16.6 Å². The summed E-state index contributed by atoms with van der Waals surface area (Å²) in [7, 11) is 0. The van der Waals surface area contributed by atoms with E-state index < -0.39 is 23.7 Å². The number of benzene rings is 2. The molecule has 6 nitrogen and oxygen atoms in total. The number of hydrogen-bond donors (Lipinski definition) is 0. The minimum Gasteiger partial charge on any atom is -0.461 e. The van der Waals surface area contributed by atoms with E-state index in [-0.39, 0.29) is 22.8 Å². The highest BCUT2D eigenvalue weighted by molar-refractivity contribution is 6.35. The molecule has 0 bridgehead atoms. The molecule has 0 fully saturated rings. The molecule has 0 unspecified atom stereocenters. The fourth-order valence-corrected chi connectivity index (χ4v) is 2.79. The zero-order valence-electron chi connectivity index (χ0n) is 14.0. The molecule has 1 aromatic heterocycles.